The fourth-order valence-corrected chi connectivity index (χ4v) is 4.82. The van der Waals surface area contributed by atoms with E-state index in [-0.39, 0.29) is 16.6 Å². The van der Waals surface area contributed by atoms with Crippen molar-refractivity contribution in [2.75, 3.05) is 26.2 Å². The summed E-state index contributed by atoms with van der Waals surface area (Å²) in [7, 11) is -3.89. The average molecular weight is 375 g/mol. The van der Waals surface area contributed by atoms with E-state index in [4.69, 9.17) is 0 Å². The minimum atomic E-state index is -3.89. The van der Waals surface area contributed by atoms with E-state index in [1.54, 1.807) is 0 Å². The lowest BCUT2D eigenvalue weighted by atomic mass is 10.1. The van der Waals surface area contributed by atoms with Crippen molar-refractivity contribution in [2.24, 2.45) is 0 Å². The van der Waals surface area contributed by atoms with Crippen molar-refractivity contribution in [3.63, 3.8) is 0 Å². The Hall–Kier alpha value is -2.29. The zero-order valence-electron chi connectivity index (χ0n) is 14.5. The maximum absolute atomic E-state index is 12.9. The van der Waals surface area contributed by atoms with E-state index in [0.717, 1.165) is 0 Å². The lowest BCUT2D eigenvalue weighted by Crippen LogP contribution is -2.49. The summed E-state index contributed by atoms with van der Waals surface area (Å²) in [5.74, 6) is 0. The zero-order chi connectivity index (χ0) is 18.7. The average Bonchev–Trinajstić information content (AvgIpc) is 2.68. The molecule has 0 spiro atoms. The first-order chi connectivity index (χ1) is 12.4. The van der Waals surface area contributed by atoms with Crippen molar-refractivity contribution in [2.45, 2.75) is 17.9 Å². The molecule has 0 saturated carbocycles. The van der Waals surface area contributed by atoms with E-state index in [9.17, 15) is 18.5 Å². The van der Waals surface area contributed by atoms with Gasteiger partial charge in [-0.1, -0.05) is 42.5 Å². The van der Waals surface area contributed by atoms with Crippen LogP contribution in [0, 0.1) is 10.1 Å². The standard InChI is InChI=1S/C18H21N3O4S/c1-15(16-7-3-2-4-8-16)19-11-13-20(14-12-19)26(24,25)18-10-6-5-9-17(18)21(22)23/h2-10,15H,11-14H2,1H3/t15-/m1/s1. The molecule has 1 aliphatic heterocycles. The molecule has 1 aliphatic rings. The third-order valence-corrected chi connectivity index (χ3v) is 6.73. The molecule has 1 fully saturated rings. The van der Waals surface area contributed by atoms with Gasteiger partial charge in [-0.3, -0.25) is 15.0 Å². The summed E-state index contributed by atoms with van der Waals surface area (Å²) in [5.41, 5.74) is 0.801. The Bertz CT molecular complexity index is 878. The normalized spacial score (nSPS) is 17.7. The van der Waals surface area contributed by atoms with Crippen LogP contribution in [0.5, 0.6) is 0 Å². The molecular weight excluding hydrogens is 354 g/mol. The fraction of sp³-hybridized carbons (Fsp3) is 0.333. The summed E-state index contributed by atoms with van der Waals surface area (Å²) in [4.78, 5) is 12.5. The van der Waals surface area contributed by atoms with Gasteiger partial charge in [-0.05, 0) is 18.6 Å². The molecule has 0 aliphatic carbocycles. The summed E-state index contributed by atoms with van der Waals surface area (Å²) in [5, 5.41) is 11.2. The van der Waals surface area contributed by atoms with E-state index >= 15 is 0 Å². The number of nitro groups is 1. The molecule has 26 heavy (non-hydrogen) atoms. The molecule has 2 aromatic rings. The van der Waals surface area contributed by atoms with Crippen molar-refractivity contribution in [1.29, 1.82) is 0 Å². The van der Waals surface area contributed by atoms with Crippen LogP contribution in [-0.2, 0) is 10.0 Å². The van der Waals surface area contributed by atoms with E-state index in [1.165, 1.54) is 34.1 Å². The first kappa shape index (κ1) is 18.5. The summed E-state index contributed by atoms with van der Waals surface area (Å²) >= 11 is 0. The Morgan fingerprint density at radius 2 is 1.54 bits per heavy atom. The van der Waals surface area contributed by atoms with Gasteiger partial charge >= 0.3 is 0 Å². The lowest BCUT2D eigenvalue weighted by Gasteiger charge is -2.37. The van der Waals surface area contributed by atoms with Crippen LogP contribution in [-0.4, -0.2) is 48.7 Å². The molecule has 0 unspecified atom stereocenters. The number of hydrogen-bond acceptors (Lipinski definition) is 5. The molecule has 0 radical (unpaired) electrons. The molecule has 1 heterocycles. The zero-order valence-corrected chi connectivity index (χ0v) is 15.3. The number of nitrogens with zero attached hydrogens (tertiary/aromatic N) is 3. The molecule has 7 nitrogen and oxygen atoms in total. The van der Waals surface area contributed by atoms with Crippen LogP contribution in [0.25, 0.3) is 0 Å². The highest BCUT2D eigenvalue weighted by Crippen LogP contribution is 2.28. The first-order valence-electron chi connectivity index (χ1n) is 8.44. The largest absolute Gasteiger partial charge is 0.294 e. The van der Waals surface area contributed by atoms with Crippen molar-refractivity contribution in [3.05, 3.63) is 70.3 Å². The van der Waals surface area contributed by atoms with E-state index in [2.05, 4.69) is 24.0 Å². The monoisotopic (exact) mass is 375 g/mol. The highest BCUT2D eigenvalue weighted by molar-refractivity contribution is 7.89. The van der Waals surface area contributed by atoms with Gasteiger partial charge in [-0.15, -0.1) is 0 Å². The van der Waals surface area contributed by atoms with Crippen LogP contribution in [0.4, 0.5) is 5.69 Å². The molecule has 0 bridgehead atoms. The smallest absolute Gasteiger partial charge is 0.289 e. The van der Waals surface area contributed by atoms with E-state index < -0.39 is 14.9 Å². The number of piperazine rings is 1. The maximum Gasteiger partial charge on any atom is 0.289 e. The highest BCUT2D eigenvalue weighted by Gasteiger charge is 2.34. The van der Waals surface area contributed by atoms with Gasteiger partial charge < -0.3 is 0 Å². The quantitative estimate of drug-likeness (QED) is 0.593. The second kappa shape index (κ2) is 7.53. The minimum absolute atomic E-state index is 0.187. The minimum Gasteiger partial charge on any atom is -0.294 e. The van der Waals surface area contributed by atoms with Crippen LogP contribution < -0.4 is 0 Å². The summed E-state index contributed by atoms with van der Waals surface area (Å²) < 4.78 is 27.1. The third-order valence-electron chi connectivity index (χ3n) is 4.78. The molecule has 2 aromatic carbocycles. The molecule has 0 amide bonds. The first-order valence-corrected chi connectivity index (χ1v) is 9.88. The molecule has 1 saturated heterocycles. The van der Waals surface area contributed by atoms with Crippen LogP contribution in [0.3, 0.4) is 0 Å². The Labute approximate surface area is 153 Å². The van der Waals surface area contributed by atoms with E-state index in [1.807, 2.05) is 18.2 Å². The topological polar surface area (TPSA) is 83.8 Å². The second-order valence-corrected chi connectivity index (χ2v) is 8.16. The highest BCUT2D eigenvalue weighted by atomic mass is 32.2. The Morgan fingerprint density at radius 3 is 2.15 bits per heavy atom. The van der Waals surface area contributed by atoms with Crippen LogP contribution >= 0.6 is 0 Å². The van der Waals surface area contributed by atoms with Crippen molar-refractivity contribution in [3.8, 4) is 0 Å². The molecule has 3 rings (SSSR count). The number of sulfonamides is 1. The van der Waals surface area contributed by atoms with Gasteiger partial charge in [0.05, 0.1) is 4.92 Å². The van der Waals surface area contributed by atoms with Crippen molar-refractivity contribution >= 4 is 15.7 Å². The number of hydrogen-bond donors (Lipinski definition) is 0. The number of rotatable bonds is 5. The van der Waals surface area contributed by atoms with Gasteiger partial charge in [-0.25, -0.2) is 8.42 Å². The third kappa shape index (κ3) is 3.62. The predicted molar refractivity (Wildman–Crippen MR) is 98.3 cm³/mol. The van der Waals surface area contributed by atoms with Crippen LogP contribution in [0.2, 0.25) is 0 Å². The summed E-state index contributed by atoms with van der Waals surface area (Å²) in [6.45, 7) is 3.88. The molecule has 1 atom stereocenters. The van der Waals surface area contributed by atoms with E-state index in [0.29, 0.717) is 26.2 Å². The van der Waals surface area contributed by atoms with Crippen molar-refractivity contribution in [1.82, 2.24) is 9.21 Å². The predicted octanol–water partition coefficient (Wildman–Crippen LogP) is 2.66. The van der Waals surface area contributed by atoms with Gasteiger partial charge in [-0.2, -0.15) is 4.31 Å². The van der Waals surface area contributed by atoms with Crippen LogP contribution in [0.15, 0.2) is 59.5 Å². The summed E-state index contributed by atoms with van der Waals surface area (Å²) in [6, 6.07) is 15.7. The number of benzene rings is 2. The molecule has 0 aromatic heterocycles. The molecule has 0 N–H and O–H groups in total. The Kier molecular flexibility index (Phi) is 5.36. The Morgan fingerprint density at radius 1 is 0.962 bits per heavy atom. The van der Waals surface area contributed by atoms with Gasteiger partial charge in [0, 0.05) is 38.3 Å². The van der Waals surface area contributed by atoms with Crippen LogP contribution in [0.1, 0.15) is 18.5 Å². The fourth-order valence-electron chi connectivity index (χ4n) is 3.24. The van der Waals surface area contributed by atoms with Gasteiger partial charge in [0.1, 0.15) is 0 Å². The molecular formula is C18H21N3O4S. The number of para-hydroxylation sites is 1. The second-order valence-electron chi connectivity index (χ2n) is 6.25. The molecule has 138 valence electrons. The van der Waals surface area contributed by atoms with Crippen molar-refractivity contribution < 1.29 is 13.3 Å². The number of nitro benzene ring substituents is 1. The molecule has 8 heteroatoms. The van der Waals surface area contributed by atoms with Gasteiger partial charge in [0.2, 0.25) is 10.0 Å². The van der Waals surface area contributed by atoms with Gasteiger partial charge in [0.15, 0.2) is 4.90 Å². The summed E-state index contributed by atoms with van der Waals surface area (Å²) in [6.07, 6.45) is 0. The SMILES string of the molecule is C[C@H](c1ccccc1)N1CCN(S(=O)(=O)c2ccccc2[N+](=O)[O-])CC1. The lowest BCUT2D eigenvalue weighted by molar-refractivity contribution is -0.387. The maximum atomic E-state index is 12.9. The van der Waals surface area contributed by atoms with Gasteiger partial charge in [0.25, 0.3) is 5.69 Å². The Balaban J connectivity index is 1.74.